The average molecular weight is 344 g/mol. The van der Waals surface area contributed by atoms with Crippen molar-refractivity contribution in [2.24, 2.45) is 0 Å². The average Bonchev–Trinajstić information content (AvgIpc) is 3.14. The fourth-order valence-electron chi connectivity index (χ4n) is 2.61. The van der Waals surface area contributed by atoms with Crippen LogP contribution in [0.5, 0.6) is 0 Å². The van der Waals surface area contributed by atoms with E-state index in [1.165, 1.54) is 4.90 Å². The fourth-order valence-corrected chi connectivity index (χ4v) is 2.61. The molecule has 1 amide bonds. The number of fused-ring (bicyclic) bond motifs is 1. The topological polar surface area (TPSA) is 99.7 Å². The Labute approximate surface area is 145 Å². The Morgan fingerprint density at radius 3 is 2.60 bits per heavy atom. The van der Waals surface area contributed by atoms with Gasteiger partial charge in [-0.05, 0) is 19.4 Å². The van der Waals surface area contributed by atoms with Crippen molar-refractivity contribution in [3.8, 4) is 0 Å². The summed E-state index contributed by atoms with van der Waals surface area (Å²) in [6, 6.07) is 9.41. The van der Waals surface area contributed by atoms with E-state index < -0.39 is 12.2 Å². The molecule has 1 aromatic heterocycles. The Morgan fingerprint density at radius 2 is 1.92 bits per heavy atom. The van der Waals surface area contributed by atoms with Crippen LogP contribution in [0, 0.1) is 0 Å². The molecule has 3 rings (SSSR count). The van der Waals surface area contributed by atoms with Crippen LogP contribution in [0.25, 0.3) is 0 Å². The highest BCUT2D eigenvalue weighted by Gasteiger charge is 2.33. The lowest BCUT2D eigenvalue weighted by molar-refractivity contribution is 0.0933. The zero-order chi connectivity index (χ0) is 18.0. The largest absolute Gasteiger partial charge is 0.445 e. The predicted octanol–water partition coefficient (Wildman–Crippen LogP) is 2.51. The number of rotatable bonds is 3. The van der Waals surface area contributed by atoms with Gasteiger partial charge in [-0.25, -0.2) is 9.59 Å². The lowest BCUT2D eigenvalue weighted by Gasteiger charge is -2.16. The van der Waals surface area contributed by atoms with Crippen LogP contribution < -0.4 is 5.73 Å². The Kier molecular flexibility index (Phi) is 4.60. The highest BCUT2D eigenvalue weighted by atomic mass is 16.6. The van der Waals surface area contributed by atoms with Crippen molar-refractivity contribution in [1.82, 2.24) is 14.7 Å². The summed E-state index contributed by atoms with van der Waals surface area (Å²) in [6.07, 6.45) is -1.35. The summed E-state index contributed by atoms with van der Waals surface area (Å²) in [6.45, 7) is 4.13. The van der Waals surface area contributed by atoms with Gasteiger partial charge in [0.25, 0.3) is 0 Å². The first kappa shape index (κ1) is 16.8. The molecule has 2 aromatic rings. The minimum Gasteiger partial charge on any atom is -0.445 e. The van der Waals surface area contributed by atoms with E-state index in [4.69, 9.17) is 15.2 Å². The Bertz CT molecular complexity index is 785. The highest BCUT2D eigenvalue weighted by molar-refractivity contribution is 5.74. The first-order valence-electron chi connectivity index (χ1n) is 7.98. The summed E-state index contributed by atoms with van der Waals surface area (Å²) in [4.78, 5) is 25.9. The van der Waals surface area contributed by atoms with Crippen molar-refractivity contribution in [2.45, 2.75) is 39.6 Å². The molecule has 0 atom stereocenters. The van der Waals surface area contributed by atoms with Crippen molar-refractivity contribution in [3.05, 3.63) is 47.2 Å². The maximum absolute atomic E-state index is 12.3. The second kappa shape index (κ2) is 6.84. The third-order valence-electron chi connectivity index (χ3n) is 3.78. The van der Waals surface area contributed by atoms with Crippen LogP contribution in [0.1, 0.15) is 30.7 Å². The SMILES string of the molecule is CC(C)OC(=O)n1nc(N)c2c1CN(C(=O)OCc1ccccc1)C2. The van der Waals surface area contributed by atoms with Crippen molar-refractivity contribution in [2.75, 3.05) is 5.73 Å². The minimum atomic E-state index is -0.609. The first-order chi connectivity index (χ1) is 12.0. The van der Waals surface area contributed by atoms with E-state index in [0.29, 0.717) is 11.3 Å². The number of anilines is 1. The summed E-state index contributed by atoms with van der Waals surface area (Å²) in [5, 5.41) is 4.01. The molecule has 0 bridgehead atoms. The third-order valence-corrected chi connectivity index (χ3v) is 3.78. The molecule has 132 valence electrons. The van der Waals surface area contributed by atoms with Gasteiger partial charge in [0.15, 0.2) is 5.82 Å². The number of aromatic nitrogens is 2. The lowest BCUT2D eigenvalue weighted by atomic mass is 10.2. The number of hydrogen-bond acceptors (Lipinski definition) is 6. The molecule has 25 heavy (non-hydrogen) atoms. The Hall–Kier alpha value is -3.03. The van der Waals surface area contributed by atoms with Crippen LogP contribution in [0.4, 0.5) is 15.4 Å². The van der Waals surface area contributed by atoms with Gasteiger partial charge < -0.3 is 15.2 Å². The van der Waals surface area contributed by atoms with Crippen molar-refractivity contribution >= 4 is 18.0 Å². The summed E-state index contributed by atoms with van der Waals surface area (Å²) < 4.78 is 11.6. The van der Waals surface area contributed by atoms with Crippen molar-refractivity contribution in [3.63, 3.8) is 0 Å². The molecule has 0 saturated carbocycles. The number of ether oxygens (including phenoxy) is 2. The number of nitrogens with zero attached hydrogens (tertiary/aromatic N) is 3. The van der Waals surface area contributed by atoms with E-state index in [9.17, 15) is 9.59 Å². The van der Waals surface area contributed by atoms with Crippen LogP contribution in [0.15, 0.2) is 30.3 Å². The molecule has 1 aliphatic heterocycles. The predicted molar refractivity (Wildman–Crippen MR) is 89.5 cm³/mol. The summed E-state index contributed by atoms with van der Waals surface area (Å²) in [5.41, 5.74) is 7.98. The fraction of sp³-hybridized carbons (Fsp3) is 0.353. The van der Waals surface area contributed by atoms with E-state index in [1.54, 1.807) is 13.8 Å². The van der Waals surface area contributed by atoms with Crippen molar-refractivity contribution in [1.29, 1.82) is 0 Å². The van der Waals surface area contributed by atoms with Gasteiger partial charge in [0.1, 0.15) is 6.61 Å². The standard InChI is InChI=1S/C17H20N4O4/c1-11(2)25-17(23)21-14-9-20(8-13(14)15(18)19-21)16(22)24-10-12-6-4-3-5-7-12/h3-7,11H,8-10H2,1-2H3,(H2,18,19). The molecule has 8 nitrogen and oxygen atoms in total. The zero-order valence-electron chi connectivity index (χ0n) is 14.1. The molecule has 8 heteroatoms. The van der Waals surface area contributed by atoms with Crippen LogP contribution in [0.3, 0.4) is 0 Å². The monoisotopic (exact) mass is 344 g/mol. The number of hydrogen-bond donors (Lipinski definition) is 1. The quantitative estimate of drug-likeness (QED) is 0.918. The van der Waals surface area contributed by atoms with Crippen LogP contribution in [-0.2, 0) is 29.2 Å². The van der Waals surface area contributed by atoms with Gasteiger partial charge in [0.05, 0.1) is 24.9 Å². The van der Waals surface area contributed by atoms with Gasteiger partial charge >= 0.3 is 12.2 Å². The molecule has 2 heterocycles. The summed E-state index contributed by atoms with van der Waals surface area (Å²) in [5.74, 6) is 0.217. The highest BCUT2D eigenvalue weighted by Crippen LogP contribution is 2.28. The molecule has 0 fully saturated rings. The molecule has 0 radical (unpaired) electrons. The number of carbonyl (C=O) groups excluding carboxylic acids is 2. The van der Waals surface area contributed by atoms with Crippen molar-refractivity contribution < 1.29 is 19.1 Å². The van der Waals surface area contributed by atoms with E-state index in [-0.39, 0.29) is 31.6 Å². The van der Waals surface area contributed by atoms with E-state index >= 15 is 0 Å². The van der Waals surface area contributed by atoms with Crippen LogP contribution in [-0.4, -0.2) is 33.0 Å². The summed E-state index contributed by atoms with van der Waals surface area (Å²) in [7, 11) is 0. The molecule has 0 unspecified atom stereocenters. The number of nitrogen functional groups attached to an aromatic ring is 1. The molecular weight excluding hydrogens is 324 g/mol. The zero-order valence-corrected chi connectivity index (χ0v) is 14.1. The maximum Gasteiger partial charge on any atom is 0.435 e. The number of benzene rings is 1. The maximum atomic E-state index is 12.3. The molecule has 0 aliphatic carbocycles. The molecule has 1 aliphatic rings. The van der Waals surface area contributed by atoms with Gasteiger partial charge in [-0.15, -0.1) is 5.10 Å². The first-order valence-corrected chi connectivity index (χ1v) is 7.98. The van der Waals surface area contributed by atoms with Gasteiger partial charge in [-0.2, -0.15) is 4.68 Å². The Balaban J connectivity index is 1.66. The molecule has 1 aromatic carbocycles. The van der Waals surface area contributed by atoms with Crippen LogP contribution >= 0.6 is 0 Å². The number of carbonyl (C=O) groups is 2. The van der Waals surface area contributed by atoms with E-state index in [0.717, 1.165) is 10.2 Å². The third kappa shape index (κ3) is 3.57. The van der Waals surface area contributed by atoms with Gasteiger partial charge in [-0.3, -0.25) is 4.90 Å². The number of nitrogens with two attached hydrogens (primary N) is 1. The Morgan fingerprint density at radius 1 is 1.20 bits per heavy atom. The molecule has 2 N–H and O–H groups in total. The minimum absolute atomic E-state index is 0.184. The molecule has 0 spiro atoms. The molecular formula is C17H20N4O4. The van der Waals surface area contributed by atoms with Crippen LogP contribution in [0.2, 0.25) is 0 Å². The second-order valence-corrected chi connectivity index (χ2v) is 6.05. The smallest absolute Gasteiger partial charge is 0.435 e. The van der Waals surface area contributed by atoms with Gasteiger partial charge in [0, 0.05) is 5.56 Å². The van der Waals surface area contributed by atoms with Gasteiger partial charge in [-0.1, -0.05) is 30.3 Å². The second-order valence-electron chi connectivity index (χ2n) is 6.05. The normalized spacial score (nSPS) is 13.0. The van der Waals surface area contributed by atoms with E-state index in [2.05, 4.69) is 5.10 Å². The van der Waals surface area contributed by atoms with E-state index in [1.807, 2.05) is 30.3 Å². The van der Waals surface area contributed by atoms with Gasteiger partial charge in [0.2, 0.25) is 0 Å². The lowest BCUT2D eigenvalue weighted by Crippen LogP contribution is -2.28. The summed E-state index contributed by atoms with van der Waals surface area (Å²) >= 11 is 0. The molecule has 0 saturated heterocycles. The number of amides is 1.